The van der Waals surface area contributed by atoms with Gasteiger partial charge in [-0.25, -0.2) is 0 Å². The number of carbonyl (C=O) groups is 1. The Morgan fingerprint density at radius 3 is 2.78 bits per heavy atom. The molecular weight excluding hydrogens is 479 g/mol. The van der Waals surface area contributed by atoms with Crippen LogP contribution in [0.1, 0.15) is 25.8 Å². The number of hydrogen-bond donors (Lipinski definition) is 2. The summed E-state index contributed by atoms with van der Waals surface area (Å²) in [6.45, 7) is 6.12. The molecule has 152 valence electrons. The Labute approximate surface area is 184 Å². The zero-order valence-electron chi connectivity index (χ0n) is 16.4. The fraction of sp³-hybridized carbons (Fsp3) is 0.579. The van der Waals surface area contributed by atoms with E-state index in [0.29, 0.717) is 11.6 Å². The zero-order valence-corrected chi connectivity index (χ0v) is 19.5. The number of nitrogens with zero attached hydrogens (tertiary/aromatic N) is 2. The predicted molar refractivity (Wildman–Crippen MR) is 121 cm³/mol. The molecule has 1 amide bonds. The number of ether oxygens (including phenoxy) is 1. The minimum absolute atomic E-state index is 0. The van der Waals surface area contributed by atoms with Crippen LogP contribution < -0.4 is 15.4 Å². The first-order valence-electron chi connectivity index (χ1n) is 9.03. The number of nitrogens with one attached hydrogen (secondary N) is 2. The average molecular weight is 509 g/mol. The number of rotatable bonds is 6. The van der Waals surface area contributed by atoms with Gasteiger partial charge in [-0.05, 0) is 30.5 Å². The molecule has 1 aromatic rings. The van der Waals surface area contributed by atoms with Crippen LogP contribution in [0.4, 0.5) is 0 Å². The maximum atomic E-state index is 12.1. The van der Waals surface area contributed by atoms with Gasteiger partial charge in [-0.15, -0.1) is 24.0 Å². The molecule has 0 bridgehead atoms. The first kappa shape index (κ1) is 23.8. The van der Waals surface area contributed by atoms with Crippen molar-refractivity contribution in [3.05, 3.63) is 28.8 Å². The Hall–Kier alpha value is -1.22. The third-order valence-electron chi connectivity index (χ3n) is 4.51. The van der Waals surface area contributed by atoms with Gasteiger partial charge >= 0.3 is 0 Å². The van der Waals surface area contributed by atoms with Gasteiger partial charge in [0.05, 0.1) is 7.11 Å². The second kappa shape index (κ2) is 11.6. The highest BCUT2D eigenvalue weighted by atomic mass is 127. The number of carbonyl (C=O) groups excluding carboxylic acids is 1. The van der Waals surface area contributed by atoms with E-state index in [1.54, 1.807) is 14.2 Å². The van der Waals surface area contributed by atoms with E-state index in [1.807, 2.05) is 36.9 Å². The summed E-state index contributed by atoms with van der Waals surface area (Å²) in [5, 5.41) is 7.42. The smallest absolute Gasteiger partial charge is 0.225 e. The van der Waals surface area contributed by atoms with E-state index in [4.69, 9.17) is 16.3 Å². The Balaban J connectivity index is 0.00000364. The van der Waals surface area contributed by atoms with E-state index in [-0.39, 0.29) is 41.8 Å². The van der Waals surface area contributed by atoms with Crippen molar-refractivity contribution in [3.63, 3.8) is 0 Å². The molecule has 27 heavy (non-hydrogen) atoms. The van der Waals surface area contributed by atoms with Gasteiger partial charge in [0.1, 0.15) is 5.75 Å². The van der Waals surface area contributed by atoms with Crippen molar-refractivity contribution < 1.29 is 9.53 Å². The van der Waals surface area contributed by atoms with Crippen molar-refractivity contribution in [2.75, 3.05) is 33.8 Å². The highest BCUT2D eigenvalue weighted by Gasteiger charge is 2.27. The largest absolute Gasteiger partial charge is 0.497 e. The number of halogens is 2. The van der Waals surface area contributed by atoms with Crippen molar-refractivity contribution in [1.82, 2.24) is 15.5 Å². The Bertz CT molecular complexity index is 655. The second-order valence-corrected chi connectivity index (χ2v) is 7.18. The van der Waals surface area contributed by atoms with E-state index in [0.717, 1.165) is 43.2 Å². The van der Waals surface area contributed by atoms with E-state index in [2.05, 4.69) is 15.6 Å². The summed E-state index contributed by atoms with van der Waals surface area (Å²) in [5.74, 6) is 1.76. The molecule has 1 aliphatic heterocycles. The number of hydrogen-bond acceptors (Lipinski definition) is 3. The minimum atomic E-state index is 0. The van der Waals surface area contributed by atoms with Crippen LogP contribution in [0.15, 0.2) is 23.2 Å². The molecule has 0 spiro atoms. The SMILES string of the molecule is CN=C(NCCc1ccc(OC)cc1Cl)NC1CCN(C(=O)C(C)C)C1.I. The summed E-state index contributed by atoms with van der Waals surface area (Å²) < 4.78 is 5.17. The maximum Gasteiger partial charge on any atom is 0.225 e. The highest BCUT2D eigenvalue weighted by molar-refractivity contribution is 14.0. The van der Waals surface area contributed by atoms with E-state index < -0.39 is 0 Å². The monoisotopic (exact) mass is 508 g/mol. The molecular formula is C19H30ClIN4O2. The summed E-state index contributed by atoms with van der Waals surface area (Å²) in [7, 11) is 3.38. The zero-order chi connectivity index (χ0) is 19.1. The normalized spacial score (nSPS) is 16.9. The summed E-state index contributed by atoms with van der Waals surface area (Å²) in [6, 6.07) is 5.94. The van der Waals surface area contributed by atoms with Crippen molar-refractivity contribution in [1.29, 1.82) is 0 Å². The third-order valence-corrected chi connectivity index (χ3v) is 4.86. The molecule has 0 saturated carbocycles. The average Bonchev–Trinajstić information content (AvgIpc) is 3.09. The molecule has 1 unspecified atom stereocenters. The number of likely N-dealkylation sites (tertiary alicyclic amines) is 1. The minimum Gasteiger partial charge on any atom is -0.497 e. The second-order valence-electron chi connectivity index (χ2n) is 6.78. The van der Waals surface area contributed by atoms with Gasteiger partial charge in [0.15, 0.2) is 5.96 Å². The number of amides is 1. The van der Waals surface area contributed by atoms with Gasteiger partial charge in [0.2, 0.25) is 5.91 Å². The number of benzene rings is 1. The lowest BCUT2D eigenvalue weighted by Crippen LogP contribution is -2.45. The van der Waals surface area contributed by atoms with Crippen LogP contribution in [0.2, 0.25) is 5.02 Å². The molecule has 1 saturated heterocycles. The van der Waals surface area contributed by atoms with Crippen molar-refractivity contribution in [2.45, 2.75) is 32.7 Å². The lowest BCUT2D eigenvalue weighted by Gasteiger charge is -2.20. The number of guanidine groups is 1. The van der Waals surface area contributed by atoms with Crippen LogP contribution in [-0.4, -0.2) is 56.6 Å². The molecule has 0 radical (unpaired) electrons. The summed E-state index contributed by atoms with van der Waals surface area (Å²) in [4.78, 5) is 18.3. The van der Waals surface area contributed by atoms with Crippen LogP contribution in [0.5, 0.6) is 5.75 Å². The first-order chi connectivity index (χ1) is 12.4. The molecule has 6 nitrogen and oxygen atoms in total. The summed E-state index contributed by atoms with van der Waals surface area (Å²) >= 11 is 6.27. The standard InChI is InChI=1S/C19H29ClN4O2.HI/c1-13(2)18(25)24-10-8-15(12-24)23-19(21-3)22-9-7-14-5-6-16(26-4)11-17(14)20;/h5-6,11,13,15H,7-10,12H2,1-4H3,(H2,21,22,23);1H. The fourth-order valence-electron chi connectivity index (χ4n) is 3.00. The van der Waals surface area contributed by atoms with Crippen LogP contribution in [0, 0.1) is 5.92 Å². The van der Waals surface area contributed by atoms with Crippen molar-refractivity contribution in [3.8, 4) is 5.75 Å². The van der Waals surface area contributed by atoms with Gasteiger partial charge in [-0.2, -0.15) is 0 Å². The van der Waals surface area contributed by atoms with Crippen molar-refractivity contribution >= 4 is 47.4 Å². The maximum absolute atomic E-state index is 12.1. The fourth-order valence-corrected chi connectivity index (χ4v) is 3.27. The summed E-state index contributed by atoms with van der Waals surface area (Å²) in [5.41, 5.74) is 1.06. The van der Waals surface area contributed by atoms with Gasteiger partial charge < -0.3 is 20.3 Å². The molecule has 8 heteroatoms. The lowest BCUT2D eigenvalue weighted by atomic mass is 10.1. The van der Waals surface area contributed by atoms with Crippen molar-refractivity contribution in [2.24, 2.45) is 10.9 Å². The molecule has 1 heterocycles. The molecule has 1 atom stereocenters. The molecule has 1 aromatic carbocycles. The van der Waals surface area contributed by atoms with Crippen LogP contribution in [0.3, 0.4) is 0 Å². The van der Waals surface area contributed by atoms with Crippen LogP contribution in [0.25, 0.3) is 0 Å². The van der Waals surface area contributed by atoms with Gasteiger partial charge in [0.25, 0.3) is 0 Å². The highest BCUT2D eigenvalue weighted by Crippen LogP contribution is 2.22. The first-order valence-corrected chi connectivity index (χ1v) is 9.40. The van der Waals surface area contributed by atoms with E-state index >= 15 is 0 Å². The molecule has 1 aliphatic rings. The quantitative estimate of drug-likeness (QED) is 0.352. The molecule has 2 rings (SSSR count). The third kappa shape index (κ3) is 7.03. The molecule has 1 fully saturated rings. The predicted octanol–water partition coefficient (Wildman–Crippen LogP) is 2.93. The number of aliphatic imine (C=N–C) groups is 1. The Morgan fingerprint density at radius 1 is 1.44 bits per heavy atom. The molecule has 2 N–H and O–H groups in total. The van der Waals surface area contributed by atoms with Crippen LogP contribution >= 0.6 is 35.6 Å². The number of methoxy groups -OCH3 is 1. The Kier molecular flexibility index (Phi) is 10.2. The van der Waals surface area contributed by atoms with Gasteiger partial charge in [0, 0.05) is 43.7 Å². The lowest BCUT2D eigenvalue weighted by molar-refractivity contribution is -0.133. The summed E-state index contributed by atoms with van der Waals surface area (Å²) in [6.07, 6.45) is 1.72. The van der Waals surface area contributed by atoms with Crippen LogP contribution in [-0.2, 0) is 11.2 Å². The topological polar surface area (TPSA) is 66.0 Å². The molecule has 0 aliphatic carbocycles. The molecule has 0 aromatic heterocycles. The van der Waals surface area contributed by atoms with E-state index in [9.17, 15) is 4.79 Å². The van der Waals surface area contributed by atoms with Gasteiger partial charge in [-0.1, -0.05) is 31.5 Å². The van der Waals surface area contributed by atoms with E-state index in [1.165, 1.54) is 0 Å². The Morgan fingerprint density at radius 2 is 2.19 bits per heavy atom. The van der Waals surface area contributed by atoms with Gasteiger partial charge in [-0.3, -0.25) is 9.79 Å².